The Morgan fingerprint density at radius 1 is 1.43 bits per heavy atom. The Labute approximate surface area is 124 Å². The average Bonchev–Trinajstić information content (AvgIpc) is 3.15. The van der Waals surface area contributed by atoms with Crippen molar-refractivity contribution in [2.75, 3.05) is 6.54 Å². The van der Waals surface area contributed by atoms with Gasteiger partial charge in [0.05, 0.1) is 6.54 Å². The molecule has 21 heavy (non-hydrogen) atoms. The third kappa shape index (κ3) is 3.81. The fraction of sp³-hybridized carbons (Fsp3) is 0.400. The van der Waals surface area contributed by atoms with Crippen molar-refractivity contribution in [2.45, 2.75) is 32.4 Å². The van der Waals surface area contributed by atoms with Gasteiger partial charge in [-0.2, -0.15) is 5.10 Å². The number of aromatic nitrogens is 3. The molecule has 6 heteroatoms. The van der Waals surface area contributed by atoms with Crippen LogP contribution in [0.5, 0.6) is 0 Å². The summed E-state index contributed by atoms with van der Waals surface area (Å²) in [5, 5.41) is 10.9. The van der Waals surface area contributed by atoms with Crippen molar-refractivity contribution in [1.29, 1.82) is 0 Å². The van der Waals surface area contributed by atoms with E-state index in [9.17, 15) is 0 Å². The van der Waals surface area contributed by atoms with E-state index in [4.69, 9.17) is 0 Å². The van der Waals surface area contributed by atoms with Crippen molar-refractivity contribution in [3.8, 4) is 5.82 Å². The molecule has 1 saturated carbocycles. The first-order chi connectivity index (χ1) is 10.3. The molecule has 2 aromatic heterocycles. The summed E-state index contributed by atoms with van der Waals surface area (Å²) in [5.74, 6) is 1.70. The molecule has 2 N–H and O–H groups in total. The van der Waals surface area contributed by atoms with E-state index in [1.54, 1.807) is 17.1 Å². The summed E-state index contributed by atoms with van der Waals surface area (Å²) in [7, 11) is 0. The van der Waals surface area contributed by atoms with Gasteiger partial charge in [0, 0.05) is 31.2 Å². The van der Waals surface area contributed by atoms with Crippen LogP contribution in [0, 0.1) is 0 Å². The van der Waals surface area contributed by atoms with E-state index in [1.165, 1.54) is 12.8 Å². The fourth-order valence-electron chi connectivity index (χ4n) is 2.00. The predicted octanol–water partition coefficient (Wildman–Crippen LogP) is 1.48. The molecular formula is C15H20N6. The van der Waals surface area contributed by atoms with Crippen LogP contribution in [-0.4, -0.2) is 33.3 Å². The highest BCUT2D eigenvalue weighted by Gasteiger charge is 2.21. The summed E-state index contributed by atoms with van der Waals surface area (Å²) in [6, 6.07) is 6.48. The van der Waals surface area contributed by atoms with Gasteiger partial charge in [0.25, 0.3) is 0 Å². The first kappa shape index (κ1) is 13.6. The Morgan fingerprint density at radius 2 is 2.33 bits per heavy atom. The van der Waals surface area contributed by atoms with E-state index in [-0.39, 0.29) is 0 Å². The summed E-state index contributed by atoms with van der Waals surface area (Å²) in [4.78, 5) is 8.95. The van der Waals surface area contributed by atoms with Gasteiger partial charge in [0.2, 0.25) is 0 Å². The normalized spacial score (nSPS) is 15.0. The van der Waals surface area contributed by atoms with Gasteiger partial charge in [-0.25, -0.2) is 14.7 Å². The number of nitrogens with zero attached hydrogens (tertiary/aromatic N) is 4. The molecule has 0 aromatic carbocycles. The molecule has 0 atom stereocenters. The van der Waals surface area contributed by atoms with Gasteiger partial charge in [-0.1, -0.05) is 0 Å². The van der Waals surface area contributed by atoms with Crippen LogP contribution in [0.2, 0.25) is 0 Å². The van der Waals surface area contributed by atoms with Crippen molar-refractivity contribution in [3.05, 3.63) is 42.4 Å². The minimum Gasteiger partial charge on any atom is -0.357 e. The second-order valence-corrected chi connectivity index (χ2v) is 5.09. The third-order valence-corrected chi connectivity index (χ3v) is 3.23. The summed E-state index contributed by atoms with van der Waals surface area (Å²) < 4.78 is 1.75. The lowest BCUT2D eigenvalue weighted by atomic mass is 10.2. The van der Waals surface area contributed by atoms with E-state index < -0.39 is 0 Å². The lowest BCUT2D eigenvalue weighted by Gasteiger charge is -2.10. The molecule has 0 bridgehead atoms. The zero-order valence-electron chi connectivity index (χ0n) is 12.2. The van der Waals surface area contributed by atoms with Crippen LogP contribution < -0.4 is 10.6 Å². The smallest absolute Gasteiger partial charge is 0.191 e. The molecule has 1 aliphatic rings. The maximum atomic E-state index is 4.62. The third-order valence-electron chi connectivity index (χ3n) is 3.23. The number of hydrogen-bond donors (Lipinski definition) is 2. The second-order valence-electron chi connectivity index (χ2n) is 5.09. The first-order valence-corrected chi connectivity index (χ1v) is 7.35. The lowest BCUT2D eigenvalue weighted by Crippen LogP contribution is -2.38. The molecule has 6 nitrogen and oxygen atoms in total. The van der Waals surface area contributed by atoms with Gasteiger partial charge in [0.15, 0.2) is 11.8 Å². The molecule has 1 aliphatic carbocycles. The van der Waals surface area contributed by atoms with Crippen LogP contribution in [0.1, 0.15) is 25.3 Å². The Morgan fingerprint density at radius 3 is 3.05 bits per heavy atom. The summed E-state index contributed by atoms with van der Waals surface area (Å²) in [6.07, 6.45) is 7.90. The molecule has 0 radical (unpaired) electrons. The SMILES string of the molecule is CCNC(=NCc1ccnc(-n2cccn2)c1)NC1CC1. The number of pyridine rings is 1. The Kier molecular flexibility index (Phi) is 4.14. The summed E-state index contributed by atoms with van der Waals surface area (Å²) in [5.41, 5.74) is 1.11. The molecule has 0 saturated heterocycles. The van der Waals surface area contributed by atoms with Gasteiger partial charge in [-0.3, -0.25) is 0 Å². The van der Waals surface area contributed by atoms with Crippen LogP contribution in [-0.2, 0) is 6.54 Å². The highest BCUT2D eigenvalue weighted by molar-refractivity contribution is 5.80. The van der Waals surface area contributed by atoms with E-state index in [2.05, 4.69) is 32.6 Å². The minimum absolute atomic E-state index is 0.597. The summed E-state index contributed by atoms with van der Waals surface area (Å²) >= 11 is 0. The molecule has 2 aromatic rings. The zero-order chi connectivity index (χ0) is 14.5. The van der Waals surface area contributed by atoms with Crippen LogP contribution in [0.3, 0.4) is 0 Å². The monoisotopic (exact) mass is 284 g/mol. The quantitative estimate of drug-likeness (QED) is 0.645. The van der Waals surface area contributed by atoms with Crippen molar-refractivity contribution in [2.24, 2.45) is 4.99 Å². The van der Waals surface area contributed by atoms with Gasteiger partial charge in [-0.05, 0) is 43.5 Å². The topological polar surface area (TPSA) is 67.1 Å². The molecule has 110 valence electrons. The van der Waals surface area contributed by atoms with E-state index in [0.29, 0.717) is 12.6 Å². The Hall–Kier alpha value is -2.37. The molecule has 0 spiro atoms. The van der Waals surface area contributed by atoms with Crippen LogP contribution in [0.4, 0.5) is 0 Å². The standard InChI is InChI=1S/C15H20N6/c1-2-16-15(20-13-4-5-13)18-11-12-6-8-17-14(10-12)21-9-3-7-19-21/h3,6-10,13H,2,4-5,11H2,1H3,(H2,16,18,20). The summed E-state index contributed by atoms with van der Waals surface area (Å²) in [6.45, 7) is 3.57. The van der Waals surface area contributed by atoms with Crippen molar-refractivity contribution in [1.82, 2.24) is 25.4 Å². The number of nitrogens with one attached hydrogen (secondary N) is 2. The minimum atomic E-state index is 0.597. The number of hydrogen-bond acceptors (Lipinski definition) is 3. The molecule has 3 rings (SSSR count). The molecule has 0 amide bonds. The molecule has 1 fully saturated rings. The first-order valence-electron chi connectivity index (χ1n) is 7.35. The second kappa shape index (κ2) is 6.39. The Bertz CT molecular complexity index is 600. The fourth-order valence-corrected chi connectivity index (χ4v) is 2.00. The highest BCUT2D eigenvalue weighted by Crippen LogP contribution is 2.18. The van der Waals surface area contributed by atoms with Gasteiger partial charge in [0.1, 0.15) is 0 Å². The number of rotatable bonds is 5. The number of guanidine groups is 1. The molecule has 2 heterocycles. The van der Waals surface area contributed by atoms with Crippen molar-refractivity contribution >= 4 is 5.96 Å². The number of aliphatic imine (C=N–C) groups is 1. The van der Waals surface area contributed by atoms with E-state index >= 15 is 0 Å². The maximum absolute atomic E-state index is 4.62. The van der Waals surface area contributed by atoms with Crippen molar-refractivity contribution < 1.29 is 0 Å². The van der Waals surface area contributed by atoms with Crippen LogP contribution in [0.25, 0.3) is 5.82 Å². The zero-order valence-corrected chi connectivity index (χ0v) is 12.2. The molecule has 0 aliphatic heterocycles. The van der Waals surface area contributed by atoms with E-state index in [0.717, 1.165) is 23.9 Å². The Balaban J connectivity index is 1.69. The van der Waals surface area contributed by atoms with Gasteiger partial charge in [-0.15, -0.1) is 0 Å². The molecule has 0 unspecified atom stereocenters. The average molecular weight is 284 g/mol. The van der Waals surface area contributed by atoms with Gasteiger partial charge >= 0.3 is 0 Å². The molecular weight excluding hydrogens is 264 g/mol. The van der Waals surface area contributed by atoms with Crippen molar-refractivity contribution in [3.63, 3.8) is 0 Å². The largest absolute Gasteiger partial charge is 0.357 e. The van der Waals surface area contributed by atoms with E-state index in [1.807, 2.05) is 24.4 Å². The predicted molar refractivity (Wildman–Crippen MR) is 82.3 cm³/mol. The maximum Gasteiger partial charge on any atom is 0.191 e. The highest BCUT2D eigenvalue weighted by atomic mass is 15.3. The van der Waals surface area contributed by atoms with Crippen LogP contribution in [0.15, 0.2) is 41.8 Å². The van der Waals surface area contributed by atoms with Crippen LogP contribution >= 0.6 is 0 Å². The lowest BCUT2D eigenvalue weighted by molar-refractivity contribution is 0.809. The van der Waals surface area contributed by atoms with Gasteiger partial charge < -0.3 is 10.6 Å².